The number of sulfone groups is 1. The van der Waals surface area contributed by atoms with E-state index in [-0.39, 0.29) is 10.9 Å². The van der Waals surface area contributed by atoms with E-state index in [1.54, 1.807) is 12.1 Å². The molecule has 15 heavy (non-hydrogen) atoms. The van der Waals surface area contributed by atoms with Crippen LogP contribution in [0.1, 0.15) is 12.5 Å². The van der Waals surface area contributed by atoms with Crippen LogP contribution < -0.4 is 5.73 Å². The Kier molecular flexibility index (Phi) is 3.82. The summed E-state index contributed by atoms with van der Waals surface area (Å²) in [5.41, 5.74) is 6.40. The minimum Gasteiger partial charge on any atom is -0.328 e. The van der Waals surface area contributed by atoms with E-state index in [4.69, 9.17) is 5.73 Å². The highest BCUT2D eigenvalue weighted by molar-refractivity contribution is 7.91. The smallest absolute Gasteiger partial charge is 0.207 e. The summed E-state index contributed by atoms with van der Waals surface area (Å²) in [6, 6.07) is 4.82. The van der Waals surface area contributed by atoms with Crippen molar-refractivity contribution in [1.29, 1.82) is 0 Å². The van der Waals surface area contributed by atoms with Gasteiger partial charge >= 0.3 is 0 Å². The van der Waals surface area contributed by atoms with Crippen LogP contribution >= 0.6 is 0 Å². The molecule has 0 saturated carbocycles. The Bertz CT molecular complexity index is 429. The molecule has 0 aliphatic heterocycles. The predicted molar refractivity (Wildman–Crippen MR) is 57.0 cm³/mol. The summed E-state index contributed by atoms with van der Waals surface area (Å²) in [5.74, 6) is 0. The van der Waals surface area contributed by atoms with Crippen molar-refractivity contribution in [1.82, 2.24) is 0 Å². The lowest BCUT2D eigenvalue weighted by atomic mass is 10.1. The lowest BCUT2D eigenvalue weighted by molar-refractivity contribution is 0.534. The molecule has 0 spiro atoms. The van der Waals surface area contributed by atoms with Gasteiger partial charge in [-0.1, -0.05) is 12.1 Å². The number of rotatable bonds is 4. The third-order valence-corrected chi connectivity index (χ3v) is 3.22. The molecule has 5 heteroatoms. The molecule has 2 N–H and O–H groups in total. The van der Waals surface area contributed by atoms with Crippen molar-refractivity contribution in [3.8, 4) is 0 Å². The van der Waals surface area contributed by atoms with Crippen molar-refractivity contribution in [2.45, 2.75) is 24.3 Å². The number of alkyl halides is 1. The van der Waals surface area contributed by atoms with Gasteiger partial charge in [-0.25, -0.2) is 12.8 Å². The zero-order chi connectivity index (χ0) is 11.5. The van der Waals surface area contributed by atoms with Gasteiger partial charge < -0.3 is 5.73 Å². The average molecular weight is 231 g/mol. The SMILES string of the molecule is CC(N)Cc1cccc(S(=O)(=O)CF)c1. The van der Waals surface area contributed by atoms with Gasteiger partial charge in [0.1, 0.15) is 0 Å². The Balaban J connectivity index is 3.03. The molecule has 1 aromatic rings. The second-order valence-electron chi connectivity index (χ2n) is 3.55. The van der Waals surface area contributed by atoms with E-state index in [0.29, 0.717) is 6.42 Å². The molecule has 0 fully saturated rings. The monoisotopic (exact) mass is 231 g/mol. The second kappa shape index (κ2) is 4.72. The highest BCUT2D eigenvalue weighted by Crippen LogP contribution is 2.14. The summed E-state index contributed by atoms with van der Waals surface area (Å²) in [6.45, 7) is 1.83. The maximum absolute atomic E-state index is 12.2. The third-order valence-electron chi connectivity index (χ3n) is 1.96. The molecule has 1 unspecified atom stereocenters. The van der Waals surface area contributed by atoms with Crippen molar-refractivity contribution in [3.63, 3.8) is 0 Å². The molecule has 0 radical (unpaired) electrons. The minimum atomic E-state index is -3.76. The van der Waals surface area contributed by atoms with Crippen LogP contribution in [0, 0.1) is 0 Å². The maximum Gasteiger partial charge on any atom is 0.207 e. The van der Waals surface area contributed by atoms with Crippen LogP contribution in [0.5, 0.6) is 0 Å². The summed E-state index contributed by atoms with van der Waals surface area (Å²) in [6.07, 6.45) is 0.579. The molecule has 1 rings (SSSR count). The van der Waals surface area contributed by atoms with Crippen molar-refractivity contribution in [2.24, 2.45) is 5.73 Å². The van der Waals surface area contributed by atoms with E-state index in [2.05, 4.69) is 0 Å². The highest BCUT2D eigenvalue weighted by Gasteiger charge is 2.13. The molecule has 0 saturated heterocycles. The number of halogens is 1. The van der Waals surface area contributed by atoms with Crippen LogP contribution in [0.25, 0.3) is 0 Å². The van der Waals surface area contributed by atoms with Gasteiger partial charge in [0.2, 0.25) is 9.84 Å². The Labute approximate surface area is 89.0 Å². The fraction of sp³-hybridized carbons (Fsp3) is 0.400. The lowest BCUT2D eigenvalue weighted by Crippen LogP contribution is -2.18. The second-order valence-corrected chi connectivity index (χ2v) is 5.47. The third kappa shape index (κ3) is 3.28. The summed E-state index contributed by atoms with van der Waals surface area (Å²) in [4.78, 5) is 0.0168. The molecular weight excluding hydrogens is 217 g/mol. The fourth-order valence-corrected chi connectivity index (χ4v) is 2.04. The normalized spacial score (nSPS) is 13.8. The van der Waals surface area contributed by atoms with Crippen LogP contribution in [0.4, 0.5) is 4.39 Å². The van der Waals surface area contributed by atoms with E-state index in [9.17, 15) is 12.8 Å². The zero-order valence-corrected chi connectivity index (χ0v) is 9.30. The first-order chi connectivity index (χ1) is 6.95. The molecule has 3 nitrogen and oxygen atoms in total. The molecule has 84 valence electrons. The predicted octanol–water partition coefficient (Wildman–Crippen LogP) is 1.28. The van der Waals surface area contributed by atoms with Crippen LogP contribution in [-0.4, -0.2) is 20.5 Å². The first kappa shape index (κ1) is 12.1. The number of benzene rings is 1. The van der Waals surface area contributed by atoms with Crippen LogP contribution in [0.3, 0.4) is 0 Å². The Hall–Kier alpha value is -0.940. The molecular formula is C10H14FNO2S. The van der Waals surface area contributed by atoms with Gasteiger partial charge in [0.05, 0.1) is 4.90 Å². The average Bonchev–Trinajstić information content (AvgIpc) is 2.17. The lowest BCUT2D eigenvalue weighted by Gasteiger charge is -2.06. The molecule has 0 amide bonds. The van der Waals surface area contributed by atoms with E-state index in [1.165, 1.54) is 12.1 Å². The van der Waals surface area contributed by atoms with Gasteiger partial charge in [-0.2, -0.15) is 0 Å². The van der Waals surface area contributed by atoms with Crippen molar-refractivity contribution < 1.29 is 12.8 Å². The standard InChI is InChI=1S/C10H14FNO2S/c1-8(12)5-9-3-2-4-10(6-9)15(13,14)7-11/h2-4,6,8H,5,7,12H2,1H3. The molecule has 0 aromatic heterocycles. The van der Waals surface area contributed by atoms with Gasteiger partial charge in [0, 0.05) is 6.04 Å². The molecule has 0 aliphatic carbocycles. The van der Waals surface area contributed by atoms with Crippen molar-refractivity contribution >= 4 is 9.84 Å². The summed E-state index contributed by atoms with van der Waals surface area (Å²) in [7, 11) is -3.76. The number of hydrogen-bond acceptors (Lipinski definition) is 3. The van der Waals surface area contributed by atoms with Gasteiger partial charge in [-0.05, 0) is 31.0 Å². The van der Waals surface area contributed by atoms with Crippen LogP contribution in [0.2, 0.25) is 0 Å². The molecule has 0 bridgehead atoms. The summed E-state index contributed by atoms with van der Waals surface area (Å²) in [5, 5.41) is 0. The first-order valence-corrected chi connectivity index (χ1v) is 6.24. The summed E-state index contributed by atoms with van der Waals surface area (Å²) >= 11 is 0. The molecule has 1 atom stereocenters. The van der Waals surface area contributed by atoms with Crippen molar-refractivity contribution in [3.05, 3.63) is 29.8 Å². The number of hydrogen-bond donors (Lipinski definition) is 1. The van der Waals surface area contributed by atoms with Gasteiger partial charge in [0.15, 0.2) is 6.01 Å². The zero-order valence-electron chi connectivity index (χ0n) is 8.48. The Morgan fingerprint density at radius 2 is 2.13 bits per heavy atom. The highest BCUT2D eigenvalue weighted by atomic mass is 32.2. The maximum atomic E-state index is 12.2. The Morgan fingerprint density at radius 3 is 2.67 bits per heavy atom. The van der Waals surface area contributed by atoms with Gasteiger partial charge in [0.25, 0.3) is 0 Å². The van der Waals surface area contributed by atoms with Gasteiger partial charge in [-0.3, -0.25) is 0 Å². The van der Waals surface area contributed by atoms with Crippen LogP contribution in [0.15, 0.2) is 29.2 Å². The van der Waals surface area contributed by atoms with E-state index in [1.807, 2.05) is 6.92 Å². The first-order valence-electron chi connectivity index (χ1n) is 4.59. The molecule has 1 aromatic carbocycles. The van der Waals surface area contributed by atoms with E-state index in [0.717, 1.165) is 5.56 Å². The van der Waals surface area contributed by atoms with Gasteiger partial charge in [-0.15, -0.1) is 0 Å². The number of nitrogens with two attached hydrogens (primary N) is 1. The van der Waals surface area contributed by atoms with Crippen molar-refractivity contribution in [2.75, 3.05) is 6.01 Å². The fourth-order valence-electron chi connectivity index (χ4n) is 1.30. The summed E-state index contributed by atoms with van der Waals surface area (Å²) < 4.78 is 34.7. The molecule has 0 aliphatic rings. The van der Waals surface area contributed by atoms with Crippen LogP contribution in [-0.2, 0) is 16.3 Å². The van der Waals surface area contributed by atoms with E-state index < -0.39 is 15.8 Å². The Morgan fingerprint density at radius 1 is 1.47 bits per heavy atom. The van der Waals surface area contributed by atoms with E-state index >= 15 is 0 Å². The topological polar surface area (TPSA) is 60.2 Å². The minimum absolute atomic E-state index is 0.0168. The largest absolute Gasteiger partial charge is 0.328 e. The quantitative estimate of drug-likeness (QED) is 0.849. The molecule has 0 heterocycles.